The van der Waals surface area contributed by atoms with Gasteiger partial charge >= 0.3 is 17.9 Å². The van der Waals surface area contributed by atoms with E-state index in [0.717, 1.165) is 57.8 Å². The van der Waals surface area contributed by atoms with Crippen LogP contribution in [-0.2, 0) is 28.6 Å². The first kappa shape index (κ1) is 53.6. The van der Waals surface area contributed by atoms with Gasteiger partial charge in [0, 0.05) is 19.3 Å². The van der Waals surface area contributed by atoms with Crippen LogP contribution >= 0.6 is 0 Å². The minimum Gasteiger partial charge on any atom is -0.462 e. The summed E-state index contributed by atoms with van der Waals surface area (Å²) in [6.45, 7) is 6.57. The topological polar surface area (TPSA) is 78.9 Å². The average molecular weight is 787 g/mol. The zero-order valence-electron chi connectivity index (χ0n) is 37.2. The maximum absolute atomic E-state index is 12.7. The van der Waals surface area contributed by atoms with E-state index < -0.39 is 6.10 Å². The van der Waals surface area contributed by atoms with Crippen molar-refractivity contribution in [2.45, 2.75) is 252 Å². The number of hydrogen-bond acceptors (Lipinski definition) is 6. The Morgan fingerprint density at radius 3 is 1.07 bits per heavy atom. The minimum absolute atomic E-state index is 0.0844. The Morgan fingerprint density at radius 2 is 0.661 bits per heavy atom. The lowest BCUT2D eigenvalue weighted by Gasteiger charge is -2.18. The maximum Gasteiger partial charge on any atom is 0.306 e. The molecule has 0 saturated carbocycles. The number of carbonyl (C=O) groups is 3. The van der Waals surface area contributed by atoms with Gasteiger partial charge in [-0.3, -0.25) is 14.4 Å². The van der Waals surface area contributed by atoms with Crippen molar-refractivity contribution in [3.05, 3.63) is 36.5 Å². The van der Waals surface area contributed by atoms with Gasteiger partial charge in [-0.2, -0.15) is 0 Å². The van der Waals surface area contributed by atoms with E-state index in [1.54, 1.807) is 0 Å². The molecule has 0 aliphatic rings. The Hall–Kier alpha value is -2.37. The zero-order valence-corrected chi connectivity index (χ0v) is 37.2. The van der Waals surface area contributed by atoms with Crippen molar-refractivity contribution in [2.75, 3.05) is 13.2 Å². The molecule has 0 aliphatic heterocycles. The highest BCUT2D eigenvalue weighted by atomic mass is 16.6. The van der Waals surface area contributed by atoms with Gasteiger partial charge in [-0.05, 0) is 51.4 Å². The summed E-state index contributed by atoms with van der Waals surface area (Å²) in [6, 6.07) is 0. The zero-order chi connectivity index (χ0) is 40.8. The Bertz CT molecular complexity index is 953. The summed E-state index contributed by atoms with van der Waals surface area (Å²) >= 11 is 0. The van der Waals surface area contributed by atoms with Crippen LogP contribution < -0.4 is 0 Å². The molecule has 1 atom stereocenters. The summed E-state index contributed by atoms with van der Waals surface area (Å²) < 4.78 is 16.7. The molecule has 0 rings (SSSR count). The van der Waals surface area contributed by atoms with E-state index >= 15 is 0 Å². The van der Waals surface area contributed by atoms with Crippen LogP contribution in [0.2, 0.25) is 0 Å². The second kappa shape index (κ2) is 45.3. The Morgan fingerprint density at radius 1 is 0.357 bits per heavy atom. The molecule has 0 aromatic heterocycles. The van der Waals surface area contributed by atoms with E-state index in [2.05, 4.69) is 57.2 Å². The van der Waals surface area contributed by atoms with Crippen molar-refractivity contribution >= 4 is 17.9 Å². The van der Waals surface area contributed by atoms with Gasteiger partial charge in [-0.1, -0.05) is 211 Å². The third kappa shape index (κ3) is 42.8. The molecule has 0 aromatic rings. The predicted octanol–water partition coefficient (Wildman–Crippen LogP) is 15.4. The van der Waals surface area contributed by atoms with Gasteiger partial charge in [0.25, 0.3) is 0 Å². The Labute approximate surface area is 346 Å². The summed E-state index contributed by atoms with van der Waals surface area (Å²) in [6.07, 6.45) is 51.3. The highest BCUT2D eigenvalue weighted by molar-refractivity contribution is 5.71. The molecule has 326 valence electrons. The fourth-order valence-corrected chi connectivity index (χ4v) is 6.75. The van der Waals surface area contributed by atoms with Crippen LogP contribution in [0.25, 0.3) is 0 Å². The van der Waals surface area contributed by atoms with Crippen LogP contribution in [0.1, 0.15) is 245 Å². The van der Waals surface area contributed by atoms with Crippen LogP contribution in [0.5, 0.6) is 0 Å². The van der Waals surface area contributed by atoms with E-state index in [0.29, 0.717) is 25.7 Å². The van der Waals surface area contributed by atoms with Crippen LogP contribution in [0, 0.1) is 0 Å². The quantitative estimate of drug-likeness (QED) is 0.0265. The standard InChI is InChI=1S/C50H90O6/c1-4-7-10-13-16-19-21-23-24-25-26-27-29-31-34-37-40-43-49(52)55-46-47(45-54-48(51)42-39-36-33-30-18-15-12-9-6-3)56-50(53)44-41-38-35-32-28-22-20-17-14-11-8-5-2/h23-24,26-27,31,34,47H,4-22,25,28-30,32-33,35-46H2,1-3H3/b24-23-,27-26-,34-31-. The first-order valence-electron chi connectivity index (χ1n) is 24.0. The fourth-order valence-electron chi connectivity index (χ4n) is 6.75. The number of hydrogen-bond donors (Lipinski definition) is 0. The second-order valence-corrected chi connectivity index (χ2v) is 16.0. The van der Waals surface area contributed by atoms with Crippen molar-refractivity contribution < 1.29 is 28.6 Å². The largest absolute Gasteiger partial charge is 0.462 e. The number of carbonyl (C=O) groups excluding carboxylic acids is 3. The van der Waals surface area contributed by atoms with Crippen LogP contribution in [-0.4, -0.2) is 37.2 Å². The van der Waals surface area contributed by atoms with E-state index in [4.69, 9.17) is 14.2 Å². The molecule has 0 amide bonds. The highest BCUT2D eigenvalue weighted by Crippen LogP contribution is 2.15. The Kier molecular flexibility index (Phi) is 43.4. The molecule has 6 nitrogen and oxygen atoms in total. The van der Waals surface area contributed by atoms with Crippen molar-refractivity contribution in [1.82, 2.24) is 0 Å². The van der Waals surface area contributed by atoms with Gasteiger partial charge in [0.05, 0.1) is 0 Å². The molecule has 6 heteroatoms. The average Bonchev–Trinajstić information content (AvgIpc) is 3.19. The number of unbranched alkanes of at least 4 members (excludes halogenated alkanes) is 26. The molecule has 0 bridgehead atoms. The smallest absolute Gasteiger partial charge is 0.306 e. The second-order valence-electron chi connectivity index (χ2n) is 16.0. The van der Waals surface area contributed by atoms with Gasteiger partial charge < -0.3 is 14.2 Å². The molecule has 0 heterocycles. The van der Waals surface area contributed by atoms with E-state index in [1.807, 2.05) is 0 Å². The van der Waals surface area contributed by atoms with Crippen LogP contribution in [0.3, 0.4) is 0 Å². The maximum atomic E-state index is 12.7. The molecule has 0 aliphatic carbocycles. The molecule has 56 heavy (non-hydrogen) atoms. The molecule has 0 aromatic carbocycles. The molecule has 0 N–H and O–H groups in total. The van der Waals surface area contributed by atoms with Crippen molar-refractivity contribution in [2.24, 2.45) is 0 Å². The molecular formula is C50H90O6. The normalized spacial score (nSPS) is 12.3. The lowest BCUT2D eigenvalue weighted by molar-refractivity contribution is -0.167. The van der Waals surface area contributed by atoms with Crippen LogP contribution in [0.4, 0.5) is 0 Å². The number of allylic oxidation sites excluding steroid dienone is 6. The van der Waals surface area contributed by atoms with Crippen molar-refractivity contribution in [3.63, 3.8) is 0 Å². The molecule has 1 unspecified atom stereocenters. The molecule has 0 radical (unpaired) electrons. The molecule has 0 saturated heterocycles. The monoisotopic (exact) mass is 787 g/mol. The number of rotatable bonds is 43. The van der Waals surface area contributed by atoms with Crippen LogP contribution in [0.15, 0.2) is 36.5 Å². The SMILES string of the molecule is CCCCCCCC/C=C\C/C=C\C/C=C\CCCC(=O)OCC(COC(=O)CCCCCCCCCCC)OC(=O)CCCCCCCCCCCCCC. The summed E-state index contributed by atoms with van der Waals surface area (Å²) in [5.74, 6) is -0.937. The lowest BCUT2D eigenvalue weighted by atomic mass is 10.0. The van der Waals surface area contributed by atoms with Crippen molar-refractivity contribution in [1.29, 1.82) is 0 Å². The number of esters is 3. The highest BCUT2D eigenvalue weighted by Gasteiger charge is 2.19. The van der Waals surface area contributed by atoms with E-state index in [1.165, 1.54) is 141 Å². The van der Waals surface area contributed by atoms with Gasteiger partial charge in [0.2, 0.25) is 0 Å². The third-order valence-electron chi connectivity index (χ3n) is 10.4. The van der Waals surface area contributed by atoms with E-state index in [9.17, 15) is 14.4 Å². The summed E-state index contributed by atoms with van der Waals surface area (Å²) in [5.41, 5.74) is 0. The Balaban J connectivity index is 4.39. The fraction of sp³-hybridized carbons (Fsp3) is 0.820. The summed E-state index contributed by atoms with van der Waals surface area (Å²) in [4.78, 5) is 37.7. The van der Waals surface area contributed by atoms with E-state index in [-0.39, 0.29) is 31.1 Å². The molecule has 0 fully saturated rings. The van der Waals surface area contributed by atoms with Gasteiger partial charge in [-0.15, -0.1) is 0 Å². The summed E-state index contributed by atoms with van der Waals surface area (Å²) in [7, 11) is 0. The lowest BCUT2D eigenvalue weighted by Crippen LogP contribution is -2.30. The first-order chi connectivity index (χ1) is 27.5. The van der Waals surface area contributed by atoms with Gasteiger partial charge in [0.1, 0.15) is 13.2 Å². The van der Waals surface area contributed by atoms with Gasteiger partial charge in [0.15, 0.2) is 6.10 Å². The summed E-state index contributed by atoms with van der Waals surface area (Å²) in [5, 5.41) is 0. The number of ether oxygens (including phenoxy) is 3. The van der Waals surface area contributed by atoms with Gasteiger partial charge in [-0.25, -0.2) is 0 Å². The molecule has 0 spiro atoms. The first-order valence-corrected chi connectivity index (χ1v) is 24.0. The van der Waals surface area contributed by atoms with Crippen molar-refractivity contribution in [3.8, 4) is 0 Å². The predicted molar refractivity (Wildman–Crippen MR) is 238 cm³/mol. The third-order valence-corrected chi connectivity index (χ3v) is 10.4. The molecular weight excluding hydrogens is 697 g/mol. The minimum atomic E-state index is -0.784.